The number of rotatable bonds is 1. The van der Waals surface area contributed by atoms with Gasteiger partial charge < -0.3 is 4.52 Å². The fraction of sp³-hybridized carbons (Fsp3) is 0.571. The number of hydrogen-bond donors (Lipinski definition) is 0. The zero-order valence-electron chi connectivity index (χ0n) is 6.14. The summed E-state index contributed by atoms with van der Waals surface area (Å²) >= 11 is 2.21. The third-order valence-corrected chi connectivity index (χ3v) is 2.67. The lowest BCUT2D eigenvalue weighted by molar-refractivity contribution is 0.375. The molecule has 0 saturated carbocycles. The number of aromatic nitrogens is 1. The molecule has 0 N–H and O–H groups in total. The summed E-state index contributed by atoms with van der Waals surface area (Å²) in [6.45, 7) is 0. The summed E-state index contributed by atoms with van der Waals surface area (Å²) in [6.07, 6.45) is 4.76. The summed E-state index contributed by atoms with van der Waals surface area (Å²) in [5.74, 6) is 1.11. The van der Waals surface area contributed by atoms with Gasteiger partial charge >= 0.3 is 0 Å². The second kappa shape index (κ2) is 3.17. The van der Waals surface area contributed by atoms with Gasteiger partial charge in [-0.1, -0.05) is 5.16 Å². The zero-order chi connectivity index (χ0) is 7.68. The van der Waals surface area contributed by atoms with Gasteiger partial charge in [0, 0.05) is 12.0 Å². The second-order valence-electron chi connectivity index (χ2n) is 2.79. The van der Waals surface area contributed by atoms with E-state index in [1.165, 1.54) is 18.4 Å². The number of aryl methyl sites for hydroxylation is 1. The molecule has 1 aromatic heterocycles. The highest BCUT2D eigenvalue weighted by Gasteiger charge is 2.18. The maximum Gasteiger partial charge on any atom is 0.268 e. The van der Waals surface area contributed by atoms with Crippen LogP contribution in [0, 0.1) is 0 Å². The minimum atomic E-state index is 1.04. The molecule has 1 aliphatic carbocycles. The Bertz CT molecular complexity index is 247. The third-order valence-electron chi connectivity index (χ3n) is 2.08. The Hall–Kier alpha value is 0.00494. The van der Waals surface area contributed by atoms with Crippen molar-refractivity contribution < 1.29 is 4.52 Å². The summed E-state index contributed by atoms with van der Waals surface area (Å²) < 4.78 is 5.19. The Morgan fingerprint density at radius 3 is 3.00 bits per heavy atom. The third kappa shape index (κ3) is 1.32. The molecule has 0 aromatic carbocycles. The first-order valence-corrected chi connectivity index (χ1v) is 5.07. The van der Waals surface area contributed by atoms with Gasteiger partial charge in [-0.15, -0.1) is 22.4 Å². The van der Waals surface area contributed by atoms with E-state index in [0.717, 1.165) is 24.2 Å². The van der Waals surface area contributed by atoms with Gasteiger partial charge in [0.25, 0.3) is 5.14 Å². The number of hydrogen-bond acceptors (Lipinski definition) is 2. The van der Waals surface area contributed by atoms with Crippen LogP contribution in [-0.2, 0) is 12.8 Å². The van der Waals surface area contributed by atoms with Gasteiger partial charge in [0.05, 0.1) is 5.59 Å². The van der Waals surface area contributed by atoms with Crippen LogP contribution < -0.4 is 5.59 Å². The zero-order valence-corrected chi connectivity index (χ0v) is 8.30. The Balaban J connectivity index is 2.38. The van der Waals surface area contributed by atoms with Crippen LogP contribution in [0.2, 0.25) is 0 Å². The molecular weight excluding hydrogens is 252 g/mol. The van der Waals surface area contributed by atoms with E-state index in [4.69, 9.17) is 4.52 Å². The number of fused-ring (bicyclic) bond motifs is 1. The van der Waals surface area contributed by atoms with Crippen LogP contribution in [0.4, 0.5) is 0 Å². The Morgan fingerprint density at radius 1 is 1.36 bits per heavy atom. The number of halogens is 1. The Labute approximate surface area is 79.8 Å². The molecule has 2 nitrogen and oxygen atoms in total. The fourth-order valence-corrected chi connectivity index (χ4v) is 1.98. The normalized spacial score (nSPS) is 16.1. The van der Waals surface area contributed by atoms with Crippen molar-refractivity contribution in [3.63, 3.8) is 0 Å². The molecule has 0 bridgehead atoms. The molecule has 0 spiro atoms. The van der Waals surface area contributed by atoms with Crippen LogP contribution in [0.25, 0.3) is 0 Å². The highest BCUT2D eigenvalue weighted by molar-refractivity contribution is 14.1. The highest BCUT2D eigenvalue weighted by Crippen LogP contribution is 2.18. The van der Waals surface area contributed by atoms with Crippen LogP contribution in [0.1, 0.15) is 24.2 Å². The first kappa shape index (κ1) is 7.64. The summed E-state index contributed by atoms with van der Waals surface area (Å²) in [4.78, 5) is 0. The minimum absolute atomic E-state index is 1.04. The molecule has 0 unspecified atom stereocenters. The van der Waals surface area contributed by atoms with E-state index in [2.05, 4.69) is 27.5 Å². The van der Waals surface area contributed by atoms with E-state index >= 15 is 0 Å². The molecule has 2 rings (SSSR count). The van der Waals surface area contributed by atoms with E-state index in [1.54, 1.807) is 0 Å². The van der Waals surface area contributed by atoms with Crippen molar-refractivity contribution in [2.75, 3.05) is 0 Å². The topological polar surface area (TPSA) is 26.0 Å². The first-order valence-electron chi connectivity index (χ1n) is 3.82. The minimum Gasteiger partial charge on any atom is -0.362 e. The van der Waals surface area contributed by atoms with Crippen molar-refractivity contribution in [3.05, 3.63) is 11.3 Å². The maximum absolute atomic E-state index is 5.19. The molecule has 1 aromatic rings. The van der Waals surface area contributed by atoms with E-state index in [9.17, 15) is 0 Å². The van der Waals surface area contributed by atoms with Crippen molar-refractivity contribution in [3.8, 4) is 0 Å². The molecule has 0 saturated heterocycles. The highest BCUT2D eigenvalue weighted by atomic mass is 127. The summed E-state index contributed by atoms with van der Waals surface area (Å²) in [5, 5.41) is 5.97. The van der Waals surface area contributed by atoms with Crippen molar-refractivity contribution in [2.45, 2.75) is 25.7 Å². The molecular formula is C7H8BINO. The van der Waals surface area contributed by atoms with E-state index in [1.807, 2.05) is 5.14 Å². The van der Waals surface area contributed by atoms with Gasteiger partial charge in [-0.05, 0) is 19.3 Å². The van der Waals surface area contributed by atoms with E-state index in [-0.39, 0.29) is 0 Å². The molecule has 0 atom stereocenters. The van der Waals surface area contributed by atoms with Crippen molar-refractivity contribution in [1.82, 2.24) is 5.16 Å². The largest absolute Gasteiger partial charge is 0.362 e. The van der Waals surface area contributed by atoms with Crippen molar-refractivity contribution >= 4 is 33.1 Å². The van der Waals surface area contributed by atoms with Gasteiger partial charge in [-0.3, -0.25) is 0 Å². The van der Waals surface area contributed by atoms with E-state index < -0.39 is 0 Å². The molecule has 57 valence electrons. The molecule has 1 heterocycles. The van der Waals surface area contributed by atoms with E-state index in [0.29, 0.717) is 0 Å². The van der Waals surface area contributed by atoms with Crippen LogP contribution in [0.3, 0.4) is 0 Å². The molecule has 4 heteroatoms. The monoisotopic (exact) mass is 260 g/mol. The van der Waals surface area contributed by atoms with Crippen LogP contribution in [0.5, 0.6) is 0 Å². The average molecular weight is 260 g/mol. The molecule has 0 aliphatic heterocycles. The summed E-state index contributed by atoms with van der Waals surface area (Å²) in [6, 6.07) is 0. The average Bonchev–Trinajstić information content (AvgIpc) is 2.47. The number of nitrogens with zero attached hydrogens (tertiary/aromatic N) is 1. The maximum atomic E-state index is 5.19. The fourth-order valence-electron chi connectivity index (χ4n) is 1.49. The lowest BCUT2D eigenvalue weighted by Crippen LogP contribution is -2.17. The molecule has 1 aliphatic rings. The molecule has 0 fully saturated rings. The van der Waals surface area contributed by atoms with Gasteiger partial charge in [-0.25, -0.2) is 0 Å². The van der Waals surface area contributed by atoms with Crippen LogP contribution in [-0.4, -0.2) is 10.3 Å². The Morgan fingerprint density at radius 2 is 2.18 bits per heavy atom. The summed E-state index contributed by atoms with van der Waals surface area (Å²) in [5.41, 5.74) is 2.38. The lowest BCUT2D eigenvalue weighted by atomic mass is 9.89. The van der Waals surface area contributed by atoms with Crippen molar-refractivity contribution in [2.24, 2.45) is 0 Å². The van der Waals surface area contributed by atoms with Gasteiger partial charge in [0.15, 0.2) is 0 Å². The van der Waals surface area contributed by atoms with Crippen LogP contribution in [0.15, 0.2) is 4.52 Å². The second-order valence-corrected chi connectivity index (χ2v) is 3.41. The predicted molar refractivity (Wildman–Crippen MR) is 52.6 cm³/mol. The smallest absolute Gasteiger partial charge is 0.268 e. The van der Waals surface area contributed by atoms with Gasteiger partial charge in [0.2, 0.25) is 0 Å². The van der Waals surface area contributed by atoms with Gasteiger partial charge in [-0.2, -0.15) is 0 Å². The SMILES string of the molecule is I[B]c1noc2c1CCCC2. The summed E-state index contributed by atoms with van der Waals surface area (Å²) in [7, 11) is 0. The predicted octanol–water partition coefficient (Wildman–Crippen LogP) is 1.23. The lowest BCUT2D eigenvalue weighted by Gasteiger charge is -2.07. The van der Waals surface area contributed by atoms with Gasteiger partial charge in [0.1, 0.15) is 5.76 Å². The first-order chi connectivity index (χ1) is 5.42. The molecule has 0 amide bonds. The molecule has 1 radical (unpaired) electrons. The standard InChI is InChI=1S/C7H8BINO/c9-8-7-5-3-1-2-4-6(5)11-10-7/h1-4H2. The van der Waals surface area contributed by atoms with Crippen LogP contribution >= 0.6 is 22.4 Å². The quantitative estimate of drug-likeness (QED) is 0.560. The molecule has 11 heavy (non-hydrogen) atoms. The van der Waals surface area contributed by atoms with Crippen molar-refractivity contribution in [1.29, 1.82) is 0 Å². The Kier molecular flexibility index (Phi) is 2.20.